The summed E-state index contributed by atoms with van der Waals surface area (Å²) in [7, 11) is 2.26. The van der Waals surface area contributed by atoms with Gasteiger partial charge in [0, 0.05) is 62.2 Å². The summed E-state index contributed by atoms with van der Waals surface area (Å²) in [5.41, 5.74) is 3.69. The van der Waals surface area contributed by atoms with Crippen LogP contribution in [0.3, 0.4) is 0 Å². The van der Waals surface area contributed by atoms with Gasteiger partial charge in [-0.25, -0.2) is 18.7 Å². The molecule has 0 radical (unpaired) electrons. The van der Waals surface area contributed by atoms with Crippen molar-refractivity contribution in [1.29, 1.82) is 0 Å². The van der Waals surface area contributed by atoms with Crippen molar-refractivity contribution in [2.45, 2.75) is 95.6 Å². The van der Waals surface area contributed by atoms with E-state index in [4.69, 9.17) is 9.72 Å². The van der Waals surface area contributed by atoms with Gasteiger partial charge in [0.15, 0.2) is 0 Å². The Kier molecular flexibility index (Phi) is 11.2. The van der Waals surface area contributed by atoms with Crippen LogP contribution in [0.15, 0.2) is 60.9 Å². The van der Waals surface area contributed by atoms with Crippen molar-refractivity contribution in [3.63, 3.8) is 0 Å². The van der Waals surface area contributed by atoms with E-state index in [2.05, 4.69) is 44.6 Å². The number of carbonyl (C=O) groups excluding carboxylic acids is 3. The van der Waals surface area contributed by atoms with E-state index in [0.717, 1.165) is 69.4 Å². The third-order valence-electron chi connectivity index (χ3n) is 11.2. The quantitative estimate of drug-likeness (QED) is 0.156. The van der Waals surface area contributed by atoms with Crippen molar-refractivity contribution >= 4 is 34.9 Å². The van der Waals surface area contributed by atoms with E-state index in [1.807, 2.05) is 36.6 Å². The van der Waals surface area contributed by atoms with Gasteiger partial charge < -0.3 is 24.3 Å². The van der Waals surface area contributed by atoms with E-state index in [0.29, 0.717) is 42.1 Å². The van der Waals surface area contributed by atoms with Crippen LogP contribution in [-0.2, 0) is 9.59 Å². The minimum absolute atomic E-state index is 0.0447. The molecule has 4 aromatic rings. The molecule has 3 fully saturated rings. The van der Waals surface area contributed by atoms with E-state index in [1.165, 1.54) is 23.9 Å². The topological polar surface area (TPSA) is 121 Å². The lowest BCUT2D eigenvalue weighted by Crippen LogP contribution is -2.45. The number of hydrogen-bond donors (Lipinski definition) is 2. The zero-order valence-electron chi connectivity index (χ0n) is 31.1. The number of hydrogen-bond acceptors (Lipinski definition) is 8. The molecule has 2 saturated heterocycles. The first-order valence-corrected chi connectivity index (χ1v) is 19.1. The average molecular weight is 742 g/mol. The van der Waals surface area contributed by atoms with Crippen molar-refractivity contribution in [3.8, 4) is 5.75 Å². The number of aromatic nitrogens is 3. The van der Waals surface area contributed by atoms with E-state index >= 15 is 0 Å². The molecule has 3 aliphatic rings. The van der Waals surface area contributed by atoms with Crippen LogP contribution in [0.5, 0.6) is 5.75 Å². The molecule has 11 nitrogen and oxygen atoms in total. The Bertz CT molecular complexity index is 1970. The Morgan fingerprint density at radius 2 is 1.72 bits per heavy atom. The normalized spacial score (nSPS) is 21.3. The number of halogens is 2. The molecule has 7 rings (SSSR count). The SMILES string of the molecule is CC(C)Oc1cc2nc(C3CCC(CN(C)C4CCN(c5ccc(C6CCC(=O)NC6=O)cc5)CC4)CC3)cn2cc1C(=O)Nc1cccc(C(F)F)n1. The highest BCUT2D eigenvalue weighted by Gasteiger charge is 2.30. The molecular weight excluding hydrogens is 692 g/mol. The standard InChI is InChI=1S/C41H49F2N7O4/c1-25(2)54-35-21-37-45-34(24-50(37)23-32(35)41(53)46-36-6-4-5-33(44-36)39(42)43)28-9-7-26(8-10-28)22-48(3)29-17-19-49(20-18-29)30-13-11-27(12-14-30)31-15-16-38(51)47-40(31)52/h4-6,11-14,21,23-26,28-29,31,39H,7-10,15-20,22H2,1-3H3,(H,44,46,53)(H,47,51,52). The average Bonchev–Trinajstić information content (AvgIpc) is 3.58. The number of fused-ring (bicyclic) bond motifs is 1. The first-order chi connectivity index (χ1) is 26.0. The van der Waals surface area contributed by atoms with E-state index in [9.17, 15) is 23.2 Å². The van der Waals surface area contributed by atoms with Crippen LogP contribution in [-0.4, -0.2) is 75.8 Å². The van der Waals surface area contributed by atoms with Crippen LogP contribution in [0.4, 0.5) is 20.3 Å². The highest BCUT2D eigenvalue weighted by atomic mass is 19.3. The molecule has 1 aromatic carbocycles. The monoisotopic (exact) mass is 741 g/mol. The number of imidazole rings is 1. The predicted molar refractivity (Wildman–Crippen MR) is 202 cm³/mol. The maximum Gasteiger partial charge on any atom is 0.280 e. The molecule has 1 atom stereocenters. The van der Waals surface area contributed by atoms with Gasteiger partial charge in [-0.15, -0.1) is 0 Å². The van der Waals surface area contributed by atoms with Gasteiger partial charge in [0.2, 0.25) is 11.8 Å². The Balaban J connectivity index is 0.917. The number of rotatable bonds is 11. The van der Waals surface area contributed by atoms with E-state index in [1.54, 1.807) is 12.3 Å². The number of ether oxygens (including phenoxy) is 1. The van der Waals surface area contributed by atoms with Gasteiger partial charge in [0.1, 0.15) is 22.9 Å². The number of amides is 3. The molecular formula is C41H49F2N7O4. The van der Waals surface area contributed by atoms with Gasteiger partial charge in [-0.1, -0.05) is 18.2 Å². The Hall–Kier alpha value is -4.91. The fraction of sp³-hybridized carbons (Fsp3) is 0.488. The highest BCUT2D eigenvalue weighted by Crippen LogP contribution is 2.37. The van der Waals surface area contributed by atoms with E-state index < -0.39 is 18.0 Å². The third kappa shape index (κ3) is 8.56. The molecule has 1 aliphatic carbocycles. The number of benzene rings is 1. The molecule has 1 unspecified atom stereocenters. The Labute approximate surface area is 314 Å². The summed E-state index contributed by atoms with van der Waals surface area (Å²) >= 11 is 0. The zero-order valence-corrected chi connectivity index (χ0v) is 31.1. The largest absolute Gasteiger partial charge is 0.490 e. The lowest BCUT2D eigenvalue weighted by atomic mass is 9.80. The molecule has 1 saturated carbocycles. The minimum atomic E-state index is -2.74. The summed E-state index contributed by atoms with van der Waals surface area (Å²) in [6.07, 6.45) is 8.24. The number of anilines is 2. The van der Waals surface area contributed by atoms with Gasteiger partial charge >= 0.3 is 0 Å². The lowest BCUT2D eigenvalue weighted by Gasteiger charge is -2.40. The van der Waals surface area contributed by atoms with Gasteiger partial charge in [-0.2, -0.15) is 0 Å². The first kappa shape index (κ1) is 37.4. The second kappa shape index (κ2) is 16.2. The minimum Gasteiger partial charge on any atom is -0.490 e. The fourth-order valence-corrected chi connectivity index (χ4v) is 8.27. The second-order valence-electron chi connectivity index (χ2n) is 15.3. The van der Waals surface area contributed by atoms with Gasteiger partial charge in [-0.3, -0.25) is 19.7 Å². The number of alkyl halides is 2. The molecule has 13 heteroatoms. The summed E-state index contributed by atoms with van der Waals surface area (Å²) < 4.78 is 34.3. The van der Waals surface area contributed by atoms with Crippen LogP contribution >= 0.6 is 0 Å². The smallest absolute Gasteiger partial charge is 0.280 e. The van der Waals surface area contributed by atoms with Crippen LogP contribution in [0, 0.1) is 5.92 Å². The molecule has 0 bridgehead atoms. The highest BCUT2D eigenvalue weighted by molar-refractivity contribution is 6.06. The third-order valence-corrected chi connectivity index (χ3v) is 11.2. The van der Waals surface area contributed by atoms with Crippen molar-refractivity contribution in [2.75, 3.05) is 36.9 Å². The number of imide groups is 1. The van der Waals surface area contributed by atoms with Gasteiger partial charge in [0.25, 0.3) is 12.3 Å². The number of carbonyl (C=O) groups is 3. The Morgan fingerprint density at radius 1 is 0.981 bits per heavy atom. The Morgan fingerprint density at radius 3 is 2.41 bits per heavy atom. The maximum atomic E-state index is 13.4. The summed E-state index contributed by atoms with van der Waals surface area (Å²) in [6, 6.07) is 14.7. The van der Waals surface area contributed by atoms with Gasteiger partial charge in [0.05, 0.1) is 23.3 Å². The van der Waals surface area contributed by atoms with Crippen molar-refractivity contribution in [3.05, 3.63) is 83.4 Å². The molecule has 3 aromatic heterocycles. The molecule has 286 valence electrons. The molecule has 5 heterocycles. The molecule has 0 spiro atoms. The van der Waals surface area contributed by atoms with Gasteiger partial charge in [-0.05, 0) is 102 Å². The summed E-state index contributed by atoms with van der Waals surface area (Å²) in [5.74, 6) is 0.216. The van der Waals surface area contributed by atoms with E-state index in [-0.39, 0.29) is 35.2 Å². The molecule has 54 heavy (non-hydrogen) atoms. The van der Waals surface area contributed by atoms with Crippen LogP contribution in [0.1, 0.15) is 111 Å². The summed E-state index contributed by atoms with van der Waals surface area (Å²) in [5, 5.41) is 5.10. The second-order valence-corrected chi connectivity index (χ2v) is 15.3. The number of pyridine rings is 2. The molecule has 3 amide bonds. The fourth-order valence-electron chi connectivity index (χ4n) is 8.27. The van der Waals surface area contributed by atoms with Crippen molar-refractivity contribution < 1.29 is 27.9 Å². The summed E-state index contributed by atoms with van der Waals surface area (Å²) in [4.78, 5) is 51.0. The first-order valence-electron chi connectivity index (χ1n) is 19.1. The van der Waals surface area contributed by atoms with Crippen LogP contribution < -0.4 is 20.3 Å². The van der Waals surface area contributed by atoms with Crippen LogP contribution in [0.2, 0.25) is 0 Å². The number of piperidine rings is 2. The lowest BCUT2D eigenvalue weighted by molar-refractivity contribution is -0.134. The predicted octanol–water partition coefficient (Wildman–Crippen LogP) is 7.10. The van der Waals surface area contributed by atoms with Crippen molar-refractivity contribution in [2.24, 2.45) is 5.92 Å². The molecule has 2 N–H and O–H groups in total. The summed E-state index contributed by atoms with van der Waals surface area (Å²) in [6.45, 7) is 6.81. The van der Waals surface area contributed by atoms with Crippen LogP contribution in [0.25, 0.3) is 5.65 Å². The zero-order chi connectivity index (χ0) is 37.9. The molecule has 2 aliphatic heterocycles. The maximum absolute atomic E-state index is 13.4. The number of nitrogens with one attached hydrogen (secondary N) is 2. The number of nitrogens with zero attached hydrogens (tertiary/aromatic N) is 5. The van der Waals surface area contributed by atoms with Crippen molar-refractivity contribution in [1.82, 2.24) is 24.6 Å².